The molecule has 76 valence electrons. The summed E-state index contributed by atoms with van der Waals surface area (Å²) in [6, 6.07) is 2.62. The van der Waals surface area contributed by atoms with E-state index in [0.29, 0.717) is 10.6 Å². The number of hydrogen-bond acceptors (Lipinski definition) is 2. The summed E-state index contributed by atoms with van der Waals surface area (Å²) in [5.74, 6) is -0.901. The number of ether oxygens (including phenoxy) is 1. The van der Waals surface area contributed by atoms with E-state index in [1.165, 1.54) is 19.2 Å². The number of esters is 1. The lowest BCUT2D eigenvalue weighted by molar-refractivity contribution is -0.139. The Morgan fingerprint density at radius 2 is 2.29 bits per heavy atom. The summed E-state index contributed by atoms with van der Waals surface area (Å²) in [6.45, 7) is 0. The van der Waals surface area contributed by atoms with Crippen molar-refractivity contribution in [3.05, 3.63) is 33.0 Å². The van der Waals surface area contributed by atoms with Gasteiger partial charge in [0.2, 0.25) is 0 Å². The molecule has 0 aliphatic heterocycles. The van der Waals surface area contributed by atoms with Gasteiger partial charge in [0, 0.05) is 5.02 Å². The van der Waals surface area contributed by atoms with Gasteiger partial charge in [-0.2, -0.15) is 0 Å². The Labute approximate surface area is 94.1 Å². The minimum atomic E-state index is -0.451. The molecule has 0 aromatic heterocycles. The molecule has 0 heterocycles. The summed E-state index contributed by atoms with van der Waals surface area (Å²) in [7, 11) is 1.27. The Balaban J connectivity index is 2.98. The van der Waals surface area contributed by atoms with Crippen molar-refractivity contribution in [2.24, 2.45) is 0 Å². The Morgan fingerprint density at radius 3 is 2.86 bits per heavy atom. The molecular formula is C9H7BrClFO2. The van der Waals surface area contributed by atoms with E-state index in [9.17, 15) is 9.18 Å². The normalized spacial score (nSPS) is 10.0. The van der Waals surface area contributed by atoms with Gasteiger partial charge in [0.25, 0.3) is 0 Å². The highest BCUT2D eigenvalue weighted by atomic mass is 79.9. The van der Waals surface area contributed by atoms with Crippen LogP contribution in [0, 0.1) is 5.82 Å². The molecule has 1 aromatic carbocycles. The zero-order valence-corrected chi connectivity index (χ0v) is 9.65. The van der Waals surface area contributed by atoms with Crippen molar-refractivity contribution in [2.45, 2.75) is 6.42 Å². The van der Waals surface area contributed by atoms with Gasteiger partial charge in [-0.3, -0.25) is 4.79 Å². The number of carbonyl (C=O) groups excluding carboxylic acids is 1. The highest BCUT2D eigenvalue weighted by Crippen LogP contribution is 2.25. The summed E-state index contributed by atoms with van der Waals surface area (Å²) in [4.78, 5) is 10.9. The molecule has 0 saturated heterocycles. The van der Waals surface area contributed by atoms with Crippen LogP contribution in [0.1, 0.15) is 5.56 Å². The molecule has 1 aromatic rings. The summed E-state index contributed by atoms with van der Waals surface area (Å²) in [5.41, 5.74) is 0.416. The van der Waals surface area contributed by atoms with Crippen molar-refractivity contribution < 1.29 is 13.9 Å². The molecule has 0 amide bonds. The lowest BCUT2D eigenvalue weighted by Gasteiger charge is -2.04. The lowest BCUT2D eigenvalue weighted by Crippen LogP contribution is -2.05. The number of hydrogen-bond donors (Lipinski definition) is 0. The van der Waals surface area contributed by atoms with E-state index in [1.54, 1.807) is 0 Å². The molecule has 0 atom stereocenters. The standard InChI is InChI=1S/C9H7BrClFO2/c1-14-9(13)3-5-2-8(12)6(10)4-7(5)11/h2,4H,3H2,1H3. The highest BCUT2D eigenvalue weighted by Gasteiger charge is 2.10. The molecule has 14 heavy (non-hydrogen) atoms. The van der Waals surface area contributed by atoms with Gasteiger partial charge >= 0.3 is 5.97 Å². The lowest BCUT2D eigenvalue weighted by atomic mass is 10.1. The van der Waals surface area contributed by atoms with Gasteiger partial charge < -0.3 is 4.74 Å². The van der Waals surface area contributed by atoms with E-state index in [1.807, 2.05) is 0 Å². The maximum Gasteiger partial charge on any atom is 0.310 e. The molecule has 0 spiro atoms. The van der Waals surface area contributed by atoms with Gasteiger partial charge in [0.05, 0.1) is 18.0 Å². The number of halogens is 3. The van der Waals surface area contributed by atoms with Crippen molar-refractivity contribution in [3.8, 4) is 0 Å². The second-order valence-corrected chi connectivity index (χ2v) is 3.87. The van der Waals surface area contributed by atoms with Gasteiger partial charge in [-0.05, 0) is 33.6 Å². The second-order valence-electron chi connectivity index (χ2n) is 2.61. The van der Waals surface area contributed by atoms with Crippen molar-refractivity contribution in [1.82, 2.24) is 0 Å². The van der Waals surface area contributed by atoms with Crippen LogP contribution in [-0.4, -0.2) is 13.1 Å². The van der Waals surface area contributed by atoms with E-state index in [4.69, 9.17) is 11.6 Å². The van der Waals surface area contributed by atoms with Crippen LogP contribution in [0.2, 0.25) is 5.02 Å². The number of rotatable bonds is 2. The monoisotopic (exact) mass is 280 g/mol. The number of carbonyl (C=O) groups is 1. The van der Waals surface area contributed by atoms with Crippen molar-refractivity contribution in [2.75, 3.05) is 7.11 Å². The molecule has 0 aliphatic rings. The molecule has 0 unspecified atom stereocenters. The van der Waals surface area contributed by atoms with Crippen LogP contribution in [-0.2, 0) is 16.0 Å². The van der Waals surface area contributed by atoms with Gasteiger partial charge in [0.1, 0.15) is 5.82 Å². The van der Waals surface area contributed by atoms with Gasteiger partial charge in [0.15, 0.2) is 0 Å². The minimum Gasteiger partial charge on any atom is -0.469 e. The summed E-state index contributed by atoms with van der Waals surface area (Å²) < 4.78 is 17.8. The molecule has 5 heteroatoms. The molecule has 0 saturated carbocycles. The SMILES string of the molecule is COC(=O)Cc1cc(F)c(Br)cc1Cl. The van der Waals surface area contributed by atoms with Crippen molar-refractivity contribution in [1.29, 1.82) is 0 Å². The fraction of sp³-hybridized carbons (Fsp3) is 0.222. The zero-order valence-electron chi connectivity index (χ0n) is 7.31. The predicted molar refractivity (Wildman–Crippen MR) is 54.8 cm³/mol. The second kappa shape index (κ2) is 4.75. The first-order valence-corrected chi connectivity index (χ1v) is 4.92. The maximum atomic E-state index is 13.1. The van der Waals surface area contributed by atoms with E-state index >= 15 is 0 Å². The highest BCUT2D eigenvalue weighted by molar-refractivity contribution is 9.10. The van der Waals surface area contributed by atoms with Crippen LogP contribution >= 0.6 is 27.5 Å². The zero-order chi connectivity index (χ0) is 10.7. The molecule has 0 radical (unpaired) electrons. The molecular weight excluding hydrogens is 274 g/mol. The fourth-order valence-electron chi connectivity index (χ4n) is 0.927. The summed E-state index contributed by atoms with van der Waals surface area (Å²) in [6.07, 6.45) is -0.0282. The van der Waals surface area contributed by atoms with Gasteiger partial charge in [-0.25, -0.2) is 4.39 Å². The topological polar surface area (TPSA) is 26.3 Å². The van der Waals surface area contributed by atoms with E-state index < -0.39 is 11.8 Å². The largest absolute Gasteiger partial charge is 0.469 e. The van der Waals surface area contributed by atoms with Crippen LogP contribution in [0.15, 0.2) is 16.6 Å². The fourth-order valence-corrected chi connectivity index (χ4v) is 1.63. The number of methoxy groups -OCH3 is 1. The summed E-state index contributed by atoms with van der Waals surface area (Å²) >= 11 is 8.79. The average molecular weight is 282 g/mol. The van der Waals surface area contributed by atoms with Crippen LogP contribution in [0.5, 0.6) is 0 Å². The van der Waals surface area contributed by atoms with Crippen LogP contribution in [0.25, 0.3) is 0 Å². The third-order valence-corrected chi connectivity index (χ3v) is 2.61. The number of benzene rings is 1. The smallest absolute Gasteiger partial charge is 0.310 e. The molecule has 0 aliphatic carbocycles. The molecule has 0 N–H and O–H groups in total. The third-order valence-electron chi connectivity index (χ3n) is 1.65. The van der Waals surface area contributed by atoms with Crippen LogP contribution in [0.3, 0.4) is 0 Å². The van der Waals surface area contributed by atoms with E-state index in [0.717, 1.165) is 0 Å². The van der Waals surface area contributed by atoms with Crippen LogP contribution < -0.4 is 0 Å². The first-order chi connectivity index (χ1) is 6.54. The van der Waals surface area contributed by atoms with E-state index in [2.05, 4.69) is 20.7 Å². The third kappa shape index (κ3) is 2.69. The molecule has 2 nitrogen and oxygen atoms in total. The molecule has 1 rings (SSSR count). The Bertz CT molecular complexity index is 368. The quantitative estimate of drug-likeness (QED) is 0.615. The maximum absolute atomic E-state index is 13.1. The molecule has 0 fully saturated rings. The first-order valence-electron chi connectivity index (χ1n) is 3.75. The Morgan fingerprint density at radius 1 is 1.64 bits per heavy atom. The van der Waals surface area contributed by atoms with Gasteiger partial charge in [-0.1, -0.05) is 11.6 Å². The minimum absolute atomic E-state index is 0.0282. The Hall–Kier alpha value is -0.610. The van der Waals surface area contributed by atoms with Crippen molar-refractivity contribution in [3.63, 3.8) is 0 Å². The van der Waals surface area contributed by atoms with Gasteiger partial charge in [-0.15, -0.1) is 0 Å². The first kappa shape index (κ1) is 11.5. The Kier molecular flexibility index (Phi) is 3.89. The van der Waals surface area contributed by atoms with Crippen LogP contribution in [0.4, 0.5) is 4.39 Å². The van der Waals surface area contributed by atoms with Crippen molar-refractivity contribution >= 4 is 33.5 Å². The summed E-state index contributed by atoms with van der Waals surface area (Å²) in [5, 5.41) is 0.337. The average Bonchev–Trinajstić information content (AvgIpc) is 2.14. The van der Waals surface area contributed by atoms with E-state index in [-0.39, 0.29) is 10.9 Å². The molecule has 0 bridgehead atoms. The predicted octanol–water partition coefficient (Wildman–Crippen LogP) is 2.96.